The number of carboxylic acids is 1. The minimum atomic E-state index is -1.22. The monoisotopic (exact) mass is 247 g/mol. The lowest BCUT2D eigenvalue weighted by Crippen LogP contribution is -2.51. The molecule has 0 saturated carbocycles. The van der Waals surface area contributed by atoms with E-state index in [2.05, 4.69) is 26.6 Å². The molecule has 0 saturated heterocycles. The topological polar surface area (TPSA) is 92.2 Å². The minimum absolute atomic E-state index is 0.389. The fourth-order valence-corrected chi connectivity index (χ4v) is 1.52. The fourth-order valence-electron chi connectivity index (χ4n) is 1.52. The van der Waals surface area contributed by atoms with E-state index in [4.69, 9.17) is 15.7 Å². The van der Waals surface area contributed by atoms with Gasteiger partial charge >= 0.3 is 0 Å². The number of carbonyl (C=O) groups is 1. The van der Waals surface area contributed by atoms with Crippen molar-refractivity contribution in [3.8, 4) is 0 Å². The number of hydrogen-bond acceptors (Lipinski definition) is 4. The van der Waals surface area contributed by atoms with E-state index < -0.39 is 5.97 Å². The number of nitrogens with two attached hydrogens (primary N) is 2. The van der Waals surface area contributed by atoms with Gasteiger partial charge in [0.2, 0.25) is 0 Å². The fraction of sp³-hybridized carbons (Fsp3) is 0.917. The van der Waals surface area contributed by atoms with Crippen molar-refractivity contribution in [2.45, 2.75) is 46.0 Å². The molecule has 104 valence electrons. The Kier molecular flexibility index (Phi) is 13.0. The molecule has 17 heavy (non-hydrogen) atoms. The van der Waals surface area contributed by atoms with Crippen LogP contribution < -0.4 is 16.7 Å². The summed E-state index contributed by atoms with van der Waals surface area (Å²) in [6.07, 6.45) is 6.46. The Morgan fingerprint density at radius 1 is 1.12 bits per heavy atom. The van der Waals surface area contributed by atoms with Gasteiger partial charge in [-0.25, -0.2) is 0 Å². The molecule has 0 rings (SSSR count). The summed E-state index contributed by atoms with van der Waals surface area (Å²) in [7, 11) is 2.12. The Bertz CT molecular complexity index is 185. The van der Waals surface area contributed by atoms with Crippen molar-refractivity contribution in [3.63, 3.8) is 0 Å². The van der Waals surface area contributed by atoms with Crippen LogP contribution in [0.4, 0.5) is 0 Å². The highest BCUT2D eigenvalue weighted by atomic mass is 16.4. The summed E-state index contributed by atoms with van der Waals surface area (Å²) in [5.41, 5.74) is 4.51. The maximum atomic E-state index is 9.13. The molecular weight excluding hydrogens is 218 g/mol. The first-order valence-corrected chi connectivity index (χ1v) is 6.42. The van der Waals surface area contributed by atoms with Gasteiger partial charge in [-0.1, -0.05) is 26.7 Å². The van der Waals surface area contributed by atoms with Crippen LogP contribution in [0.1, 0.15) is 46.0 Å². The van der Waals surface area contributed by atoms with Crippen LogP contribution >= 0.6 is 0 Å². The summed E-state index contributed by atoms with van der Waals surface area (Å²) in [6.45, 7) is 6.28. The third-order valence-electron chi connectivity index (χ3n) is 2.42. The van der Waals surface area contributed by atoms with Gasteiger partial charge in [-0.15, -0.1) is 0 Å². The van der Waals surface area contributed by atoms with Crippen molar-refractivity contribution in [3.05, 3.63) is 0 Å². The summed E-state index contributed by atoms with van der Waals surface area (Å²) in [4.78, 5) is 9.13. The summed E-state index contributed by atoms with van der Waals surface area (Å²) in [5, 5.41) is 9.13. The first-order valence-electron chi connectivity index (χ1n) is 6.42. The Morgan fingerprint density at radius 2 is 1.65 bits per heavy atom. The zero-order valence-corrected chi connectivity index (χ0v) is 11.6. The van der Waals surface area contributed by atoms with Gasteiger partial charge in [-0.3, -0.25) is 4.59 Å². The SMILES string of the molecule is CCCCCC[N+](C)(N)CCC.NCC(=O)[O-]. The minimum Gasteiger partial charge on any atom is -0.549 e. The molecule has 0 aromatic heterocycles. The molecule has 0 aliphatic rings. The van der Waals surface area contributed by atoms with Gasteiger partial charge in [-0.05, 0) is 19.3 Å². The molecule has 0 fully saturated rings. The first kappa shape index (κ1) is 18.7. The maximum absolute atomic E-state index is 9.13. The number of carbonyl (C=O) groups excluding carboxylic acids is 1. The zero-order chi connectivity index (χ0) is 13.7. The standard InChI is InChI=1S/C10H25N2.C2H5NO2/c1-4-6-7-8-10-12(3,11)9-5-2;3-1-2(4)5/h4-11H2,1-3H3;1,3H2,(H,4,5)/q+1;/p-1. The number of hydrogen-bond donors (Lipinski definition) is 2. The molecular formula is C12H29N3O2. The van der Waals surface area contributed by atoms with Crippen LogP contribution in [-0.2, 0) is 4.79 Å². The molecule has 1 atom stereocenters. The Morgan fingerprint density at radius 3 is 2.00 bits per heavy atom. The van der Waals surface area contributed by atoms with Crippen molar-refractivity contribution in [2.75, 3.05) is 26.7 Å². The maximum Gasteiger partial charge on any atom is 0.0958 e. The molecule has 5 heteroatoms. The second kappa shape index (κ2) is 11.8. The van der Waals surface area contributed by atoms with Crippen LogP contribution in [0.3, 0.4) is 0 Å². The summed E-state index contributed by atoms with van der Waals surface area (Å²) in [5.74, 6) is 4.83. The highest BCUT2D eigenvalue weighted by Crippen LogP contribution is 2.03. The van der Waals surface area contributed by atoms with E-state index in [1.54, 1.807) is 0 Å². The van der Waals surface area contributed by atoms with E-state index in [0.29, 0.717) is 4.59 Å². The Hall–Kier alpha value is -0.650. The lowest BCUT2D eigenvalue weighted by Gasteiger charge is -2.27. The Labute approximate surface area is 105 Å². The third kappa shape index (κ3) is 17.9. The van der Waals surface area contributed by atoms with Gasteiger partial charge in [0.1, 0.15) is 0 Å². The van der Waals surface area contributed by atoms with Crippen LogP contribution in [0, 0.1) is 0 Å². The molecule has 0 heterocycles. The molecule has 0 bridgehead atoms. The van der Waals surface area contributed by atoms with E-state index in [0.717, 1.165) is 13.1 Å². The second-order valence-electron chi connectivity index (χ2n) is 4.56. The molecule has 0 aliphatic carbocycles. The molecule has 5 nitrogen and oxygen atoms in total. The number of aliphatic carboxylic acids is 1. The first-order chi connectivity index (χ1) is 7.89. The van der Waals surface area contributed by atoms with E-state index in [1.807, 2.05) is 0 Å². The van der Waals surface area contributed by atoms with E-state index in [1.165, 1.54) is 32.1 Å². The van der Waals surface area contributed by atoms with Crippen molar-refractivity contribution in [2.24, 2.45) is 11.6 Å². The second-order valence-corrected chi connectivity index (χ2v) is 4.56. The normalized spacial score (nSPS) is 13.5. The number of rotatable bonds is 8. The summed E-state index contributed by atoms with van der Waals surface area (Å²) in [6, 6.07) is 0. The van der Waals surface area contributed by atoms with Crippen molar-refractivity contribution >= 4 is 5.97 Å². The summed E-state index contributed by atoms with van der Waals surface area (Å²) >= 11 is 0. The summed E-state index contributed by atoms with van der Waals surface area (Å²) < 4.78 is 0.709. The van der Waals surface area contributed by atoms with Crippen molar-refractivity contribution in [1.29, 1.82) is 0 Å². The van der Waals surface area contributed by atoms with Gasteiger partial charge in [-0.2, -0.15) is 5.84 Å². The molecule has 4 N–H and O–H groups in total. The average Bonchev–Trinajstić information content (AvgIpc) is 2.25. The van der Waals surface area contributed by atoms with Crippen LogP contribution in [0.25, 0.3) is 0 Å². The number of quaternary nitrogens is 1. The smallest absolute Gasteiger partial charge is 0.0958 e. The molecule has 0 aliphatic heterocycles. The highest BCUT2D eigenvalue weighted by Gasteiger charge is 2.13. The number of unbranched alkanes of at least 4 members (excludes halogenated alkanes) is 3. The Balaban J connectivity index is 0. The van der Waals surface area contributed by atoms with Gasteiger partial charge in [0.25, 0.3) is 0 Å². The largest absolute Gasteiger partial charge is 0.549 e. The van der Waals surface area contributed by atoms with Gasteiger partial charge in [0.05, 0.1) is 26.1 Å². The van der Waals surface area contributed by atoms with E-state index >= 15 is 0 Å². The quantitative estimate of drug-likeness (QED) is 0.273. The lowest BCUT2D eigenvalue weighted by molar-refractivity contribution is -0.921. The van der Waals surface area contributed by atoms with E-state index in [9.17, 15) is 0 Å². The van der Waals surface area contributed by atoms with Crippen LogP contribution in [0.15, 0.2) is 0 Å². The van der Waals surface area contributed by atoms with Gasteiger partial charge in [0.15, 0.2) is 0 Å². The predicted molar refractivity (Wildman–Crippen MR) is 68.6 cm³/mol. The van der Waals surface area contributed by atoms with Crippen molar-refractivity contribution < 1.29 is 14.5 Å². The average molecular weight is 247 g/mol. The predicted octanol–water partition coefficient (Wildman–Crippen LogP) is -0.00800. The molecule has 0 amide bonds. The highest BCUT2D eigenvalue weighted by molar-refractivity contribution is 5.66. The van der Waals surface area contributed by atoms with Crippen LogP contribution in [0.5, 0.6) is 0 Å². The molecule has 0 aromatic carbocycles. The lowest BCUT2D eigenvalue weighted by atomic mass is 10.2. The third-order valence-corrected chi connectivity index (χ3v) is 2.42. The number of carboxylic acid groups (broad SMARTS) is 1. The van der Waals surface area contributed by atoms with Crippen LogP contribution in [-0.4, -0.2) is 37.2 Å². The van der Waals surface area contributed by atoms with Gasteiger partial charge < -0.3 is 15.6 Å². The molecule has 0 radical (unpaired) electrons. The zero-order valence-electron chi connectivity index (χ0n) is 11.6. The molecule has 1 unspecified atom stereocenters. The van der Waals surface area contributed by atoms with Crippen molar-refractivity contribution in [1.82, 2.24) is 0 Å². The van der Waals surface area contributed by atoms with Crippen LogP contribution in [0.2, 0.25) is 0 Å². The van der Waals surface area contributed by atoms with E-state index in [-0.39, 0.29) is 6.54 Å². The van der Waals surface area contributed by atoms with Gasteiger partial charge in [0, 0.05) is 6.54 Å². The molecule has 0 spiro atoms. The molecule has 0 aromatic rings. The number of nitrogens with zero attached hydrogens (tertiary/aromatic N) is 1.